The minimum atomic E-state index is -5.08. The molecule has 0 aromatic heterocycles. The molecule has 2 fully saturated rings. The smallest absolute Gasteiger partial charge is 0.490 e. The summed E-state index contributed by atoms with van der Waals surface area (Å²) >= 11 is 0. The number of halogens is 4. The van der Waals surface area contributed by atoms with E-state index in [4.69, 9.17) is 14.6 Å². The van der Waals surface area contributed by atoms with E-state index in [1.807, 2.05) is 12.1 Å². The molecule has 1 unspecified atom stereocenters. The summed E-state index contributed by atoms with van der Waals surface area (Å²) in [6.45, 7) is 9.01. The average Bonchev–Trinajstić information content (AvgIpc) is 2.95. The number of aryl methyl sites for hydroxylation is 1. The van der Waals surface area contributed by atoms with Crippen molar-refractivity contribution in [3.63, 3.8) is 0 Å². The first kappa shape index (κ1) is 31.7. The Morgan fingerprint density at radius 2 is 1.55 bits per heavy atom. The van der Waals surface area contributed by atoms with E-state index in [9.17, 15) is 17.6 Å². The largest absolute Gasteiger partial charge is 0.496 e. The fraction of sp³-hybridized carbons (Fsp3) is 0.469. The van der Waals surface area contributed by atoms with Crippen LogP contribution in [0.15, 0.2) is 60.7 Å². The summed E-state index contributed by atoms with van der Waals surface area (Å²) in [5.74, 6) is -1.90. The summed E-state index contributed by atoms with van der Waals surface area (Å²) in [6.07, 6.45) is -0.375. The Morgan fingerprint density at radius 3 is 2.14 bits per heavy atom. The normalized spacial score (nSPS) is 17.3. The van der Waals surface area contributed by atoms with E-state index in [1.54, 1.807) is 19.2 Å². The van der Waals surface area contributed by atoms with Crippen molar-refractivity contribution in [1.82, 2.24) is 14.7 Å². The quantitative estimate of drug-likeness (QED) is 0.231. The number of hydrogen-bond acceptors (Lipinski definition) is 5. The number of aliphatic carboxylic acids is 1. The highest BCUT2D eigenvalue weighted by molar-refractivity contribution is 5.87. The fourth-order valence-corrected chi connectivity index (χ4v) is 5.61. The standard InChI is InChI=1S/C30H38FN3O.C2HF3O2/c1-35-30-15-12-24-7-2-3-8-27(24)28(30)9-4-5-16-32-19-21-33(22-20-32)23-29(34-17-6-18-34)25-10-13-26(31)14-11-25;3-2(4,5)1(6)7/h2-3,7-8,10-15,29H,4-6,9,16-23H2,1H3;(H,6,7). The fourth-order valence-electron chi connectivity index (χ4n) is 5.61. The molecule has 2 heterocycles. The van der Waals surface area contributed by atoms with Crippen LogP contribution in [0.1, 0.15) is 36.4 Å². The Bertz CT molecular complexity index is 1290. The highest BCUT2D eigenvalue weighted by Crippen LogP contribution is 2.30. The number of rotatable bonds is 10. The number of carboxylic acids is 1. The summed E-state index contributed by atoms with van der Waals surface area (Å²) in [5.41, 5.74) is 2.59. The van der Waals surface area contributed by atoms with Crippen LogP contribution in [0.3, 0.4) is 0 Å². The van der Waals surface area contributed by atoms with E-state index in [-0.39, 0.29) is 5.82 Å². The molecule has 0 aliphatic carbocycles. The number of hydrogen-bond donors (Lipinski definition) is 1. The Morgan fingerprint density at radius 1 is 0.905 bits per heavy atom. The van der Waals surface area contributed by atoms with Crippen molar-refractivity contribution in [3.05, 3.63) is 77.6 Å². The molecule has 2 aliphatic heterocycles. The SMILES string of the molecule is COc1ccc2ccccc2c1CCCCN1CCN(CC(c2ccc(F)cc2)N2CCC2)CC1.O=C(O)C(F)(F)F. The third kappa shape index (κ3) is 8.65. The molecule has 6 nitrogen and oxygen atoms in total. The van der Waals surface area contributed by atoms with Gasteiger partial charge < -0.3 is 14.7 Å². The first-order chi connectivity index (χ1) is 20.2. The van der Waals surface area contributed by atoms with Crippen LogP contribution in [-0.2, 0) is 11.2 Å². The molecule has 0 spiro atoms. The zero-order chi connectivity index (χ0) is 30.1. The lowest BCUT2D eigenvalue weighted by atomic mass is 9.99. The van der Waals surface area contributed by atoms with Gasteiger partial charge >= 0.3 is 12.1 Å². The van der Waals surface area contributed by atoms with Crippen LogP contribution in [0.2, 0.25) is 0 Å². The van der Waals surface area contributed by atoms with Gasteiger partial charge in [0.1, 0.15) is 11.6 Å². The highest BCUT2D eigenvalue weighted by Gasteiger charge is 2.38. The molecule has 1 N–H and O–H groups in total. The van der Waals surface area contributed by atoms with Gasteiger partial charge in [-0.2, -0.15) is 13.2 Å². The lowest BCUT2D eigenvalue weighted by Gasteiger charge is -2.43. The second-order valence-electron chi connectivity index (χ2n) is 10.8. The molecule has 2 saturated heterocycles. The monoisotopic (exact) mass is 589 g/mol. The number of carboxylic acid groups (broad SMARTS) is 1. The van der Waals surface area contributed by atoms with Gasteiger partial charge in [-0.05, 0) is 66.8 Å². The predicted octanol–water partition coefficient (Wildman–Crippen LogP) is 6.01. The molecule has 0 amide bonds. The number of ether oxygens (including phenoxy) is 1. The van der Waals surface area contributed by atoms with Crippen molar-refractivity contribution in [2.45, 2.75) is 37.9 Å². The molecule has 0 saturated carbocycles. The zero-order valence-electron chi connectivity index (χ0n) is 24.0. The van der Waals surface area contributed by atoms with Crippen LogP contribution in [0, 0.1) is 5.82 Å². The van der Waals surface area contributed by atoms with Crippen molar-refractivity contribution in [2.24, 2.45) is 0 Å². The van der Waals surface area contributed by atoms with E-state index in [0.29, 0.717) is 6.04 Å². The van der Waals surface area contributed by atoms with Gasteiger partial charge in [0.2, 0.25) is 0 Å². The van der Waals surface area contributed by atoms with Crippen molar-refractivity contribution >= 4 is 16.7 Å². The summed E-state index contributed by atoms with van der Waals surface area (Å²) in [6, 6.07) is 20.4. The maximum absolute atomic E-state index is 13.4. The Hall–Kier alpha value is -3.21. The van der Waals surface area contributed by atoms with E-state index in [2.05, 4.69) is 51.1 Å². The number of unbranched alkanes of at least 4 members (excludes halogenated alkanes) is 1. The molecule has 2 aliphatic rings. The zero-order valence-corrected chi connectivity index (χ0v) is 24.0. The number of fused-ring (bicyclic) bond motifs is 1. The van der Waals surface area contributed by atoms with Crippen LogP contribution in [0.4, 0.5) is 17.6 Å². The molecule has 3 aromatic carbocycles. The minimum Gasteiger partial charge on any atom is -0.496 e. The third-order valence-corrected chi connectivity index (χ3v) is 8.09. The van der Waals surface area contributed by atoms with Crippen molar-refractivity contribution in [1.29, 1.82) is 0 Å². The van der Waals surface area contributed by atoms with E-state index in [0.717, 1.165) is 64.5 Å². The molecule has 3 aromatic rings. The van der Waals surface area contributed by atoms with Gasteiger partial charge in [-0.1, -0.05) is 42.5 Å². The van der Waals surface area contributed by atoms with Crippen molar-refractivity contribution in [2.75, 3.05) is 59.5 Å². The number of likely N-dealkylation sites (tertiary alicyclic amines) is 1. The topological polar surface area (TPSA) is 56.2 Å². The number of nitrogens with zero attached hydrogens (tertiary/aromatic N) is 3. The van der Waals surface area contributed by atoms with Crippen molar-refractivity contribution in [3.8, 4) is 5.75 Å². The van der Waals surface area contributed by atoms with Gasteiger partial charge in [0, 0.05) is 57.4 Å². The number of alkyl halides is 3. The Kier molecular flexibility index (Phi) is 11.2. The second-order valence-corrected chi connectivity index (χ2v) is 10.8. The second kappa shape index (κ2) is 14.8. The van der Waals surface area contributed by atoms with Crippen LogP contribution in [0.5, 0.6) is 5.75 Å². The summed E-state index contributed by atoms with van der Waals surface area (Å²) < 4.78 is 50.9. The maximum Gasteiger partial charge on any atom is 0.490 e. The molecule has 0 radical (unpaired) electrons. The van der Waals surface area contributed by atoms with Crippen LogP contribution in [0.25, 0.3) is 10.8 Å². The Labute approximate surface area is 244 Å². The van der Waals surface area contributed by atoms with Crippen molar-refractivity contribution < 1.29 is 32.2 Å². The summed E-state index contributed by atoms with van der Waals surface area (Å²) in [4.78, 5) is 16.7. The molecule has 1 atom stereocenters. The van der Waals surface area contributed by atoms with Gasteiger partial charge in [0.15, 0.2) is 0 Å². The summed E-state index contributed by atoms with van der Waals surface area (Å²) in [7, 11) is 1.77. The van der Waals surface area contributed by atoms with E-state index < -0.39 is 12.1 Å². The van der Waals surface area contributed by atoms with Gasteiger partial charge in [-0.15, -0.1) is 0 Å². The number of piperazine rings is 1. The first-order valence-corrected chi connectivity index (χ1v) is 14.4. The number of carbonyl (C=O) groups is 1. The molecule has 10 heteroatoms. The minimum absolute atomic E-state index is 0.149. The van der Waals surface area contributed by atoms with Gasteiger partial charge in [0.25, 0.3) is 0 Å². The van der Waals surface area contributed by atoms with Gasteiger partial charge in [-0.3, -0.25) is 9.80 Å². The average molecular weight is 590 g/mol. The molecule has 228 valence electrons. The van der Waals surface area contributed by atoms with E-state index >= 15 is 0 Å². The molecule has 5 rings (SSSR count). The first-order valence-electron chi connectivity index (χ1n) is 14.4. The lowest BCUT2D eigenvalue weighted by molar-refractivity contribution is -0.192. The third-order valence-electron chi connectivity index (χ3n) is 8.09. The van der Waals surface area contributed by atoms with Crippen LogP contribution >= 0.6 is 0 Å². The molecule has 0 bridgehead atoms. The highest BCUT2D eigenvalue weighted by atomic mass is 19.4. The van der Waals surface area contributed by atoms with Gasteiger partial charge in [0.05, 0.1) is 7.11 Å². The Balaban J connectivity index is 0.000000517. The van der Waals surface area contributed by atoms with E-state index in [1.165, 1.54) is 41.2 Å². The number of methoxy groups -OCH3 is 1. The summed E-state index contributed by atoms with van der Waals surface area (Å²) in [5, 5.41) is 9.73. The maximum atomic E-state index is 13.4. The van der Waals surface area contributed by atoms with Gasteiger partial charge in [-0.25, -0.2) is 9.18 Å². The number of benzene rings is 3. The molecular weight excluding hydrogens is 550 g/mol. The predicted molar refractivity (Wildman–Crippen MR) is 155 cm³/mol. The van der Waals surface area contributed by atoms with Crippen LogP contribution in [-0.4, -0.2) is 91.4 Å². The van der Waals surface area contributed by atoms with Crippen LogP contribution < -0.4 is 4.74 Å². The molecule has 42 heavy (non-hydrogen) atoms. The lowest BCUT2D eigenvalue weighted by Crippen LogP contribution is -2.51. The molecular formula is C32H39F4N3O3.